The van der Waals surface area contributed by atoms with Crippen molar-refractivity contribution in [2.45, 2.75) is 13.0 Å². The Labute approximate surface area is 108 Å². The highest BCUT2D eigenvalue weighted by atomic mass is 16.5. The smallest absolute Gasteiger partial charge is 0.0716 e. The molecule has 0 saturated heterocycles. The molecule has 1 aromatic rings. The van der Waals surface area contributed by atoms with Crippen molar-refractivity contribution in [2.75, 3.05) is 39.6 Å². The van der Waals surface area contributed by atoms with Crippen molar-refractivity contribution in [3.05, 3.63) is 35.9 Å². The van der Waals surface area contributed by atoms with Crippen LogP contribution in [-0.4, -0.2) is 44.7 Å². The maximum atomic E-state index is 8.48. The van der Waals surface area contributed by atoms with E-state index in [2.05, 4.69) is 12.1 Å². The van der Waals surface area contributed by atoms with Gasteiger partial charge < -0.3 is 19.3 Å². The fourth-order valence-corrected chi connectivity index (χ4v) is 1.41. The molecule has 1 rings (SSSR count). The van der Waals surface area contributed by atoms with Crippen LogP contribution in [0.15, 0.2) is 30.3 Å². The van der Waals surface area contributed by atoms with E-state index in [4.69, 9.17) is 19.3 Å². The van der Waals surface area contributed by atoms with Crippen molar-refractivity contribution in [3.63, 3.8) is 0 Å². The first-order valence-corrected chi connectivity index (χ1v) is 6.31. The minimum absolute atomic E-state index is 0.0628. The molecule has 0 unspecified atom stereocenters. The van der Waals surface area contributed by atoms with Gasteiger partial charge in [-0.25, -0.2) is 0 Å². The molecule has 0 radical (unpaired) electrons. The Hall–Kier alpha value is -0.940. The number of hydrogen-bond acceptors (Lipinski definition) is 4. The Bertz CT molecular complexity index is 276. The van der Waals surface area contributed by atoms with E-state index >= 15 is 0 Å². The quantitative estimate of drug-likeness (QED) is 0.610. The molecule has 1 N–H and O–H groups in total. The van der Waals surface area contributed by atoms with Crippen LogP contribution in [0.4, 0.5) is 0 Å². The third-order valence-electron chi connectivity index (χ3n) is 2.30. The lowest BCUT2D eigenvalue weighted by Gasteiger charge is -2.06. The van der Waals surface area contributed by atoms with Gasteiger partial charge in [0.25, 0.3) is 0 Å². The van der Waals surface area contributed by atoms with Crippen molar-refractivity contribution in [1.29, 1.82) is 0 Å². The summed E-state index contributed by atoms with van der Waals surface area (Å²) < 4.78 is 15.9. The van der Waals surface area contributed by atoms with Gasteiger partial charge in [0.2, 0.25) is 0 Å². The van der Waals surface area contributed by atoms with E-state index < -0.39 is 0 Å². The normalized spacial score (nSPS) is 10.7. The predicted octanol–water partition coefficient (Wildman–Crippen LogP) is 1.62. The molecule has 0 aliphatic rings. The summed E-state index contributed by atoms with van der Waals surface area (Å²) in [4.78, 5) is 0. The zero-order chi connectivity index (χ0) is 12.9. The average Bonchev–Trinajstić information content (AvgIpc) is 2.42. The van der Waals surface area contributed by atoms with E-state index in [9.17, 15) is 0 Å². The fraction of sp³-hybridized carbons (Fsp3) is 0.571. The molecule has 0 heterocycles. The summed E-state index contributed by atoms with van der Waals surface area (Å²) in [6, 6.07) is 10.1. The highest BCUT2D eigenvalue weighted by molar-refractivity contribution is 5.13. The number of hydrogen-bond donors (Lipinski definition) is 1. The summed E-state index contributed by atoms with van der Waals surface area (Å²) >= 11 is 0. The third kappa shape index (κ3) is 8.20. The average molecular weight is 254 g/mol. The number of aliphatic hydroxyl groups excluding tert-OH is 1. The van der Waals surface area contributed by atoms with Crippen molar-refractivity contribution in [2.24, 2.45) is 0 Å². The molecular weight excluding hydrogens is 232 g/mol. The molecule has 0 atom stereocenters. The lowest BCUT2D eigenvalue weighted by Crippen LogP contribution is -2.09. The standard InChI is InChI=1S/C14H22O4/c15-7-10-17-12-11-16-8-4-9-18-13-14-5-2-1-3-6-14/h1-3,5-6,15H,4,7-13H2. The monoisotopic (exact) mass is 254 g/mol. The Kier molecular flexibility index (Phi) is 9.38. The van der Waals surface area contributed by atoms with Gasteiger partial charge in [0, 0.05) is 13.2 Å². The minimum atomic E-state index is 0.0628. The highest BCUT2D eigenvalue weighted by Crippen LogP contribution is 2.00. The minimum Gasteiger partial charge on any atom is -0.394 e. The second kappa shape index (κ2) is 11.2. The highest BCUT2D eigenvalue weighted by Gasteiger charge is 1.93. The molecule has 0 saturated carbocycles. The Balaban J connectivity index is 1.82. The number of ether oxygens (including phenoxy) is 3. The first kappa shape index (κ1) is 15.1. The number of aliphatic hydroxyl groups is 1. The molecule has 0 amide bonds. The van der Waals surface area contributed by atoms with Crippen LogP contribution in [0.3, 0.4) is 0 Å². The maximum absolute atomic E-state index is 8.48. The van der Waals surface area contributed by atoms with Crippen LogP contribution in [0, 0.1) is 0 Å². The molecule has 102 valence electrons. The van der Waals surface area contributed by atoms with Gasteiger partial charge in [0.1, 0.15) is 0 Å². The lowest BCUT2D eigenvalue weighted by atomic mass is 10.2. The van der Waals surface area contributed by atoms with Gasteiger partial charge in [-0.3, -0.25) is 0 Å². The molecule has 0 bridgehead atoms. The molecule has 0 fully saturated rings. The van der Waals surface area contributed by atoms with Gasteiger partial charge in [0.15, 0.2) is 0 Å². The largest absolute Gasteiger partial charge is 0.394 e. The van der Waals surface area contributed by atoms with Gasteiger partial charge in [-0.15, -0.1) is 0 Å². The van der Waals surface area contributed by atoms with Gasteiger partial charge in [-0.2, -0.15) is 0 Å². The first-order valence-electron chi connectivity index (χ1n) is 6.31. The maximum Gasteiger partial charge on any atom is 0.0716 e. The Morgan fingerprint density at radius 3 is 2.17 bits per heavy atom. The number of rotatable bonds is 11. The van der Waals surface area contributed by atoms with Crippen LogP contribution >= 0.6 is 0 Å². The summed E-state index contributed by atoms with van der Waals surface area (Å²) in [5, 5.41) is 8.48. The molecule has 4 heteroatoms. The second-order valence-corrected chi connectivity index (χ2v) is 3.84. The second-order valence-electron chi connectivity index (χ2n) is 3.84. The van der Waals surface area contributed by atoms with E-state index in [-0.39, 0.29) is 6.61 Å². The van der Waals surface area contributed by atoms with Crippen LogP contribution in [0.5, 0.6) is 0 Å². The van der Waals surface area contributed by atoms with Crippen LogP contribution in [0.2, 0.25) is 0 Å². The number of benzene rings is 1. The summed E-state index contributed by atoms with van der Waals surface area (Å²) in [5.74, 6) is 0. The van der Waals surface area contributed by atoms with Gasteiger partial charge >= 0.3 is 0 Å². The molecule has 0 spiro atoms. The van der Waals surface area contributed by atoms with Gasteiger partial charge in [0.05, 0.1) is 33.0 Å². The van der Waals surface area contributed by atoms with Crippen molar-refractivity contribution < 1.29 is 19.3 Å². The Morgan fingerprint density at radius 1 is 0.778 bits per heavy atom. The SMILES string of the molecule is OCCOCCOCCCOCc1ccccc1. The molecule has 0 aliphatic heterocycles. The molecule has 0 aliphatic carbocycles. The first-order chi connectivity index (χ1) is 8.93. The van der Waals surface area contributed by atoms with Crippen LogP contribution in [0.25, 0.3) is 0 Å². The van der Waals surface area contributed by atoms with Crippen molar-refractivity contribution in [3.8, 4) is 0 Å². The predicted molar refractivity (Wildman–Crippen MR) is 69.4 cm³/mol. The molecular formula is C14H22O4. The molecule has 0 aromatic heterocycles. The van der Waals surface area contributed by atoms with E-state index in [1.54, 1.807) is 0 Å². The molecule has 4 nitrogen and oxygen atoms in total. The van der Waals surface area contributed by atoms with E-state index in [1.165, 1.54) is 5.56 Å². The third-order valence-corrected chi connectivity index (χ3v) is 2.30. The summed E-state index contributed by atoms with van der Waals surface area (Å²) in [6.45, 7) is 3.57. The topological polar surface area (TPSA) is 47.9 Å². The van der Waals surface area contributed by atoms with E-state index in [0.717, 1.165) is 6.42 Å². The molecule has 1 aromatic carbocycles. The lowest BCUT2D eigenvalue weighted by molar-refractivity contribution is 0.0235. The van der Waals surface area contributed by atoms with E-state index in [1.807, 2.05) is 18.2 Å². The van der Waals surface area contributed by atoms with Crippen LogP contribution < -0.4 is 0 Å². The summed E-state index contributed by atoms with van der Waals surface area (Å²) in [6.07, 6.45) is 0.882. The van der Waals surface area contributed by atoms with Crippen LogP contribution in [-0.2, 0) is 20.8 Å². The van der Waals surface area contributed by atoms with Crippen molar-refractivity contribution in [1.82, 2.24) is 0 Å². The zero-order valence-corrected chi connectivity index (χ0v) is 10.7. The summed E-state index contributed by atoms with van der Waals surface area (Å²) in [7, 11) is 0. The van der Waals surface area contributed by atoms with Crippen LogP contribution in [0.1, 0.15) is 12.0 Å². The Morgan fingerprint density at radius 2 is 1.44 bits per heavy atom. The molecule has 18 heavy (non-hydrogen) atoms. The van der Waals surface area contributed by atoms with Gasteiger partial charge in [-0.1, -0.05) is 30.3 Å². The zero-order valence-electron chi connectivity index (χ0n) is 10.7. The fourth-order valence-electron chi connectivity index (χ4n) is 1.41. The van der Waals surface area contributed by atoms with Crippen molar-refractivity contribution >= 4 is 0 Å². The summed E-state index contributed by atoms with van der Waals surface area (Å²) in [5.41, 5.74) is 1.19. The van der Waals surface area contributed by atoms with E-state index in [0.29, 0.717) is 39.6 Å². The van der Waals surface area contributed by atoms with Gasteiger partial charge in [-0.05, 0) is 12.0 Å².